The zero-order valence-corrected chi connectivity index (χ0v) is 16.0. The van der Waals surface area contributed by atoms with Gasteiger partial charge in [-0.15, -0.1) is 0 Å². The first-order valence-corrected chi connectivity index (χ1v) is 8.91. The Labute approximate surface area is 167 Å². The second kappa shape index (κ2) is 9.32. The second-order valence-electron chi connectivity index (χ2n) is 5.87. The number of anilines is 3. The number of esters is 1. The number of nitrogens with one attached hydrogen (secondary N) is 2. The zero-order valence-electron chi connectivity index (χ0n) is 16.0. The second-order valence-corrected chi connectivity index (χ2v) is 5.87. The Morgan fingerprint density at radius 2 is 1.66 bits per heavy atom. The Hall–Kier alpha value is -3.94. The lowest BCUT2D eigenvalue weighted by molar-refractivity contribution is 0.0600. The van der Waals surface area contributed by atoms with Crippen LogP contribution in [0.25, 0.3) is 0 Å². The third-order valence-electron chi connectivity index (χ3n) is 3.87. The van der Waals surface area contributed by atoms with Crippen LogP contribution in [0.1, 0.15) is 27.8 Å². The van der Waals surface area contributed by atoms with Gasteiger partial charge in [0.05, 0.1) is 19.3 Å². The fourth-order valence-electron chi connectivity index (χ4n) is 2.48. The van der Waals surface area contributed by atoms with Crippen molar-refractivity contribution in [3.63, 3.8) is 0 Å². The Morgan fingerprint density at radius 1 is 0.966 bits per heavy atom. The van der Waals surface area contributed by atoms with Gasteiger partial charge in [-0.3, -0.25) is 4.79 Å². The number of amides is 1. The Bertz CT molecular complexity index is 988. The molecule has 1 aromatic heterocycles. The van der Waals surface area contributed by atoms with E-state index in [2.05, 4.69) is 25.3 Å². The first-order chi connectivity index (χ1) is 14.1. The highest BCUT2D eigenvalue weighted by Gasteiger charge is 2.10. The molecule has 1 heterocycles. The SMILES string of the molecule is CCOc1ccc(NC(=O)c2ccnc(Nc3ccc(C(=O)OC)cc3)n2)cc1. The molecular weight excluding hydrogens is 372 g/mol. The van der Waals surface area contributed by atoms with Crippen molar-refractivity contribution in [1.29, 1.82) is 0 Å². The van der Waals surface area contributed by atoms with Crippen LogP contribution < -0.4 is 15.4 Å². The first-order valence-electron chi connectivity index (χ1n) is 8.91. The van der Waals surface area contributed by atoms with Crippen LogP contribution in [0.2, 0.25) is 0 Å². The number of carbonyl (C=O) groups is 2. The van der Waals surface area contributed by atoms with Crippen molar-refractivity contribution < 1.29 is 19.1 Å². The molecule has 3 aromatic rings. The molecule has 0 saturated heterocycles. The van der Waals surface area contributed by atoms with Crippen LogP contribution in [0.15, 0.2) is 60.8 Å². The molecule has 0 aliphatic heterocycles. The van der Waals surface area contributed by atoms with E-state index in [9.17, 15) is 9.59 Å². The van der Waals surface area contributed by atoms with E-state index < -0.39 is 5.97 Å². The van der Waals surface area contributed by atoms with Crippen molar-refractivity contribution in [2.75, 3.05) is 24.4 Å². The molecule has 1 amide bonds. The maximum Gasteiger partial charge on any atom is 0.337 e. The average molecular weight is 392 g/mol. The Kier molecular flexibility index (Phi) is 6.36. The average Bonchev–Trinajstić information content (AvgIpc) is 2.75. The normalized spacial score (nSPS) is 10.1. The topological polar surface area (TPSA) is 102 Å². The minimum absolute atomic E-state index is 0.211. The number of ether oxygens (including phenoxy) is 2. The summed E-state index contributed by atoms with van der Waals surface area (Å²) in [6.07, 6.45) is 1.49. The van der Waals surface area contributed by atoms with Gasteiger partial charge in [0, 0.05) is 17.6 Å². The van der Waals surface area contributed by atoms with Crippen LogP contribution >= 0.6 is 0 Å². The minimum atomic E-state index is -0.416. The summed E-state index contributed by atoms with van der Waals surface area (Å²) in [6.45, 7) is 2.48. The highest BCUT2D eigenvalue weighted by atomic mass is 16.5. The van der Waals surface area contributed by atoms with Crippen LogP contribution in [-0.4, -0.2) is 35.6 Å². The molecule has 0 saturated carbocycles. The molecule has 3 rings (SSSR count). The lowest BCUT2D eigenvalue weighted by Gasteiger charge is -2.09. The molecule has 148 valence electrons. The molecule has 29 heavy (non-hydrogen) atoms. The number of carbonyl (C=O) groups excluding carboxylic acids is 2. The van der Waals surface area contributed by atoms with Gasteiger partial charge in [0.1, 0.15) is 11.4 Å². The standard InChI is InChI=1S/C21H20N4O4/c1-3-29-17-10-8-15(9-11-17)23-19(26)18-12-13-22-21(25-18)24-16-6-4-14(5-7-16)20(27)28-2/h4-13H,3H2,1-2H3,(H,23,26)(H,22,24,25). The summed E-state index contributed by atoms with van der Waals surface area (Å²) in [5.41, 5.74) is 1.94. The zero-order chi connectivity index (χ0) is 20.6. The summed E-state index contributed by atoms with van der Waals surface area (Å²) in [4.78, 5) is 32.3. The fraction of sp³-hybridized carbons (Fsp3) is 0.143. The quantitative estimate of drug-likeness (QED) is 0.592. The van der Waals surface area contributed by atoms with E-state index in [1.54, 1.807) is 48.5 Å². The van der Waals surface area contributed by atoms with E-state index in [0.717, 1.165) is 5.75 Å². The Balaban J connectivity index is 1.66. The van der Waals surface area contributed by atoms with Crippen molar-refractivity contribution in [2.45, 2.75) is 6.92 Å². The number of rotatable bonds is 7. The third-order valence-corrected chi connectivity index (χ3v) is 3.87. The van der Waals surface area contributed by atoms with E-state index in [-0.39, 0.29) is 17.5 Å². The van der Waals surface area contributed by atoms with E-state index in [1.165, 1.54) is 19.4 Å². The summed E-state index contributed by atoms with van der Waals surface area (Å²) in [5, 5.41) is 5.78. The van der Waals surface area contributed by atoms with Crippen LogP contribution in [0.5, 0.6) is 5.75 Å². The van der Waals surface area contributed by atoms with Gasteiger partial charge in [0.15, 0.2) is 0 Å². The summed E-state index contributed by atoms with van der Waals surface area (Å²) in [6, 6.07) is 15.2. The molecular formula is C21H20N4O4. The number of aromatic nitrogens is 2. The molecule has 8 nitrogen and oxygen atoms in total. The van der Waals surface area contributed by atoms with Crippen molar-refractivity contribution in [1.82, 2.24) is 9.97 Å². The monoisotopic (exact) mass is 392 g/mol. The molecule has 0 aliphatic carbocycles. The van der Waals surface area contributed by atoms with E-state index in [1.807, 2.05) is 6.92 Å². The molecule has 0 radical (unpaired) electrons. The molecule has 2 aromatic carbocycles. The van der Waals surface area contributed by atoms with Crippen molar-refractivity contribution in [3.8, 4) is 5.75 Å². The lowest BCUT2D eigenvalue weighted by atomic mass is 10.2. The van der Waals surface area contributed by atoms with Crippen LogP contribution in [-0.2, 0) is 4.74 Å². The molecule has 0 aliphatic rings. The van der Waals surface area contributed by atoms with Crippen LogP contribution in [0.4, 0.5) is 17.3 Å². The summed E-state index contributed by atoms with van der Waals surface area (Å²) in [7, 11) is 1.33. The summed E-state index contributed by atoms with van der Waals surface area (Å²) >= 11 is 0. The highest BCUT2D eigenvalue weighted by molar-refractivity contribution is 6.03. The summed E-state index contributed by atoms with van der Waals surface area (Å²) < 4.78 is 10.1. The van der Waals surface area contributed by atoms with Gasteiger partial charge in [-0.25, -0.2) is 14.8 Å². The Morgan fingerprint density at radius 3 is 2.31 bits per heavy atom. The molecule has 0 spiro atoms. The highest BCUT2D eigenvalue weighted by Crippen LogP contribution is 2.17. The maximum atomic E-state index is 12.5. The molecule has 0 atom stereocenters. The van der Waals surface area contributed by atoms with Gasteiger partial charge >= 0.3 is 5.97 Å². The van der Waals surface area contributed by atoms with Gasteiger partial charge in [-0.05, 0) is 61.5 Å². The largest absolute Gasteiger partial charge is 0.494 e. The summed E-state index contributed by atoms with van der Waals surface area (Å²) in [5.74, 6) is 0.216. The predicted molar refractivity (Wildman–Crippen MR) is 109 cm³/mol. The number of nitrogens with zero attached hydrogens (tertiary/aromatic N) is 2. The van der Waals surface area contributed by atoms with Crippen molar-refractivity contribution >= 4 is 29.2 Å². The molecule has 8 heteroatoms. The number of benzene rings is 2. The molecule has 2 N–H and O–H groups in total. The van der Waals surface area contributed by atoms with Gasteiger partial charge in [-0.2, -0.15) is 0 Å². The van der Waals surface area contributed by atoms with E-state index in [4.69, 9.17) is 4.74 Å². The molecule has 0 unspecified atom stereocenters. The lowest BCUT2D eigenvalue weighted by Crippen LogP contribution is -2.14. The fourth-order valence-corrected chi connectivity index (χ4v) is 2.48. The molecule has 0 bridgehead atoms. The third kappa shape index (κ3) is 5.29. The first kappa shape index (κ1) is 19.8. The van der Waals surface area contributed by atoms with E-state index in [0.29, 0.717) is 23.5 Å². The van der Waals surface area contributed by atoms with Crippen molar-refractivity contribution in [2.24, 2.45) is 0 Å². The number of methoxy groups -OCH3 is 1. The van der Waals surface area contributed by atoms with Gasteiger partial charge in [-0.1, -0.05) is 0 Å². The number of hydrogen-bond acceptors (Lipinski definition) is 7. The predicted octanol–water partition coefficient (Wildman–Crippen LogP) is 3.66. The molecule has 0 fully saturated rings. The maximum absolute atomic E-state index is 12.5. The van der Waals surface area contributed by atoms with Gasteiger partial charge in [0.2, 0.25) is 5.95 Å². The van der Waals surface area contributed by atoms with E-state index >= 15 is 0 Å². The van der Waals surface area contributed by atoms with Crippen LogP contribution in [0.3, 0.4) is 0 Å². The van der Waals surface area contributed by atoms with Gasteiger partial charge in [0.25, 0.3) is 5.91 Å². The minimum Gasteiger partial charge on any atom is -0.494 e. The van der Waals surface area contributed by atoms with Crippen molar-refractivity contribution in [3.05, 3.63) is 72.1 Å². The number of hydrogen-bond donors (Lipinski definition) is 2. The van der Waals surface area contributed by atoms with Gasteiger partial charge < -0.3 is 20.1 Å². The van der Waals surface area contributed by atoms with Crippen LogP contribution in [0, 0.1) is 0 Å². The smallest absolute Gasteiger partial charge is 0.337 e.